The maximum atomic E-state index is 14.5. The summed E-state index contributed by atoms with van der Waals surface area (Å²) in [6, 6.07) is 3.50. The van der Waals surface area contributed by atoms with Gasteiger partial charge in [0, 0.05) is 24.8 Å². The van der Waals surface area contributed by atoms with E-state index in [1.807, 2.05) is 16.7 Å². The van der Waals surface area contributed by atoms with Crippen molar-refractivity contribution in [2.24, 2.45) is 0 Å². The fraction of sp³-hybridized carbons (Fsp3) is 0.185. The number of rotatable bonds is 9. The second kappa shape index (κ2) is 9.55. The summed E-state index contributed by atoms with van der Waals surface area (Å²) in [4.78, 5) is 20.5. The quantitative estimate of drug-likeness (QED) is 0.266. The van der Waals surface area contributed by atoms with Crippen LogP contribution in [-0.4, -0.2) is 54.6 Å². The molecule has 14 heteroatoms. The first-order valence-corrected chi connectivity index (χ1v) is 13.1. The number of imidazole rings is 2. The molecule has 41 heavy (non-hydrogen) atoms. The Balaban J connectivity index is 1.11. The third-order valence-electron chi connectivity index (χ3n) is 7.04. The highest BCUT2D eigenvalue weighted by Gasteiger charge is 2.26. The van der Waals surface area contributed by atoms with Gasteiger partial charge in [0.25, 0.3) is 0 Å². The summed E-state index contributed by atoms with van der Waals surface area (Å²) in [7, 11) is 0. The van der Waals surface area contributed by atoms with E-state index >= 15 is 0 Å². The molecular weight excluding hydrogens is 551 g/mol. The Labute approximate surface area is 236 Å². The second-order valence-electron chi connectivity index (χ2n) is 9.93. The van der Waals surface area contributed by atoms with Gasteiger partial charge in [0.1, 0.15) is 16.9 Å². The Morgan fingerprint density at radius 1 is 1.22 bits per heavy atom. The van der Waals surface area contributed by atoms with Crippen LogP contribution >= 0.6 is 11.6 Å². The minimum Gasteiger partial charge on any atom is -0.478 e. The average Bonchev–Trinajstić information content (AvgIpc) is 3.34. The van der Waals surface area contributed by atoms with E-state index in [0.29, 0.717) is 46.4 Å². The molecule has 1 aliphatic rings. The number of carboxylic acids is 1. The minimum absolute atomic E-state index is 0.0264. The van der Waals surface area contributed by atoms with Crippen LogP contribution < -0.4 is 5.32 Å². The van der Waals surface area contributed by atoms with Crippen LogP contribution in [0.2, 0.25) is 5.02 Å². The molecule has 6 aromatic heterocycles. The molecule has 6 aromatic rings. The van der Waals surface area contributed by atoms with Crippen LogP contribution in [-0.2, 0) is 13.1 Å². The number of carbonyl (C=O) groups is 1. The molecular formula is C27H22ClFN10O2. The molecule has 0 aromatic carbocycles. The van der Waals surface area contributed by atoms with E-state index in [-0.39, 0.29) is 17.1 Å². The molecule has 0 spiro atoms. The van der Waals surface area contributed by atoms with E-state index in [0.717, 1.165) is 24.1 Å². The largest absolute Gasteiger partial charge is 0.478 e. The van der Waals surface area contributed by atoms with E-state index in [9.17, 15) is 14.3 Å². The van der Waals surface area contributed by atoms with Gasteiger partial charge in [-0.1, -0.05) is 23.4 Å². The molecule has 206 valence electrons. The lowest BCUT2D eigenvalue weighted by Crippen LogP contribution is -2.12. The fourth-order valence-electron chi connectivity index (χ4n) is 4.78. The summed E-state index contributed by atoms with van der Waals surface area (Å²) in [6.45, 7) is 4.60. The molecule has 0 unspecified atom stereocenters. The molecule has 1 aliphatic carbocycles. The van der Waals surface area contributed by atoms with E-state index in [4.69, 9.17) is 16.6 Å². The predicted molar refractivity (Wildman–Crippen MR) is 146 cm³/mol. The van der Waals surface area contributed by atoms with Crippen LogP contribution in [0.5, 0.6) is 0 Å². The molecule has 0 amide bonds. The van der Waals surface area contributed by atoms with E-state index in [1.165, 1.54) is 24.8 Å². The summed E-state index contributed by atoms with van der Waals surface area (Å²) in [6.07, 6.45) is 13.9. The van der Waals surface area contributed by atoms with Crippen molar-refractivity contribution in [2.75, 3.05) is 0 Å². The number of fused-ring (bicyclic) bond motifs is 2. The van der Waals surface area contributed by atoms with Gasteiger partial charge in [0.2, 0.25) is 0 Å². The van der Waals surface area contributed by atoms with Crippen molar-refractivity contribution in [1.82, 2.24) is 48.9 Å². The zero-order valence-electron chi connectivity index (χ0n) is 21.4. The number of pyridine rings is 2. The Bertz CT molecular complexity index is 1980. The van der Waals surface area contributed by atoms with Crippen molar-refractivity contribution < 1.29 is 14.3 Å². The number of hydrogen-bond donors (Lipinski definition) is 2. The summed E-state index contributed by atoms with van der Waals surface area (Å²) in [5.41, 5.74) is 5.14. The average molecular weight is 573 g/mol. The summed E-state index contributed by atoms with van der Waals surface area (Å²) in [5.74, 6) is -1.10. The van der Waals surface area contributed by atoms with Gasteiger partial charge < -0.3 is 19.2 Å². The highest BCUT2D eigenvalue weighted by molar-refractivity contribution is 6.31. The molecule has 7 rings (SSSR count). The molecule has 0 aliphatic heterocycles. The van der Waals surface area contributed by atoms with Crippen LogP contribution in [0.25, 0.3) is 22.5 Å². The third-order valence-corrected chi connectivity index (χ3v) is 7.33. The number of hydrogen-bond acceptors (Lipinski definition) is 7. The van der Waals surface area contributed by atoms with Gasteiger partial charge in [-0.15, -0.1) is 5.10 Å². The molecule has 0 radical (unpaired) electrons. The number of carboxylic acid groups (broad SMARTS) is 1. The molecule has 0 bridgehead atoms. The predicted octanol–water partition coefficient (Wildman–Crippen LogP) is 3.94. The standard InChI is InChI=1S/C27H22ClFN10O2/c1-15(30-8-21-25-24(29)20(28)4-5-36(25)14-31-21)22-13-38(35-34-22)12-19-11-37-9-17(16-2-3-16)6-23(26(37)33-19)39-10-18(7-32-39)27(40)41/h4-7,9-11,13-14,16,30H,1-3,8,12H2,(H,40,41). The van der Waals surface area contributed by atoms with E-state index in [1.54, 1.807) is 26.2 Å². The first-order chi connectivity index (χ1) is 19.8. The Hall–Kier alpha value is -5.04. The first kappa shape index (κ1) is 25.0. The van der Waals surface area contributed by atoms with Crippen LogP contribution in [0.4, 0.5) is 4.39 Å². The topological polar surface area (TPSA) is 132 Å². The van der Waals surface area contributed by atoms with Gasteiger partial charge in [-0.25, -0.2) is 28.5 Å². The van der Waals surface area contributed by atoms with Crippen molar-refractivity contribution in [1.29, 1.82) is 0 Å². The normalized spacial score (nSPS) is 13.3. The minimum atomic E-state index is -1.04. The second-order valence-corrected chi connectivity index (χ2v) is 10.3. The van der Waals surface area contributed by atoms with Crippen molar-refractivity contribution in [2.45, 2.75) is 31.8 Å². The lowest BCUT2D eigenvalue weighted by Gasteiger charge is -2.07. The summed E-state index contributed by atoms with van der Waals surface area (Å²) >= 11 is 5.94. The molecule has 1 fully saturated rings. The number of nitrogens with zero attached hydrogens (tertiary/aromatic N) is 9. The number of aromatic carboxylic acids is 1. The van der Waals surface area contributed by atoms with Crippen molar-refractivity contribution >= 4 is 34.4 Å². The zero-order chi connectivity index (χ0) is 28.2. The molecule has 2 N–H and O–H groups in total. The van der Waals surface area contributed by atoms with Gasteiger partial charge in [-0.05, 0) is 36.5 Å². The Morgan fingerprint density at radius 2 is 2.07 bits per heavy atom. The maximum Gasteiger partial charge on any atom is 0.338 e. The molecule has 12 nitrogen and oxygen atoms in total. The van der Waals surface area contributed by atoms with Crippen molar-refractivity contribution in [3.8, 4) is 5.69 Å². The smallest absolute Gasteiger partial charge is 0.338 e. The van der Waals surface area contributed by atoms with Gasteiger partial charge >= 0.3 is 5.97 Å². The number of aromatic nitrogens is 9. The Morgan fingerprint density at radius 3 is 2.85 bits per heavy atom. The van der Waals surface area contributed by atoms with Crippen LogP contribution in [0.3, 0.4) is 0 Å². The maximum absolute atomic E-state index is 14.5. The highest BCUT2D eigenvalue weighted by Crippen LogP contribution is 2.41. The van der Waals surface area contributed by atoms with Gasteiger partial charge in [-0.3, -0.25) is 0 Å². The molecule has 6 heterocycles. The van der Waals surface area contributed by atoms with Crippen LogP contribution in [0.1, 0.15) is 51.8 Å². The van der Waals surface area contributed by atoms with Crippen molar-refractivity contribution in [3.05, 3.63) is 101 Å². The fourth-order valence-corrected chi connectivity index (χ4v) is 4.92. The van der Waals surface area contributed by atoms with E-state index < -0.39 is 11.8 Å². The highest BCUT2D eigenvalue weighted by atomic mass is 35.5. The molecule has 0 atom stereocenters. The SMILES string of the molecule is C=C(NCc1ncn2ccc(Cl)c(F)c12)c1cn(Cc2cn3cc(C4CC4)cc(-n4cc(C(=O)O)cn4)c3n2)nn1. The Kier molecular flexibility index (Phi) is 5.82. The van der Waals surface area contributed by atoms with Gasteiger partial charge in [0.05, 0.1) is 59.5 Å². The van der Waals surface area contributed by atoms with Gasteiger partial charge in [-0.2, -0.15) is 5.10 Å². The number of nitrogens with one attached hydrogen (secondary N) is 1. The van der Waals surface area contributed by atoms with Gasteiger partial charge in [0.15, 0.2) is 11.5 Å². The zero-order valence-corrected chi connectivity index (χ0v) is 22.2. The number of halogens is 2. The summed E-state index contributed by atoms with van der Waals surface area (Å²) in [5, 5.41) is 25.2. The monoisotopic (exact) mass is 572 g/mol. The van der Waals surface area contributed by atoms with Crippen molar-refractivity contribution in [3.63, 3.8) is 0 Å². The molecule has 0 saturated heterocycles. The van der Waals surface area contributed by atoms with Crippen LogP contribution in [0, 0.1) is 5.82 Å². The van der Waals surface area contributed by atoms with Crippen LogP contribution in [0.15, 0.2) is 62.2 Å². The lowest BCUT2D eigenvalue weighted by atomic mass is 10.2. The summed E-state index contributed by atoms with van der Waals surface area (Å²) < 4.78 is 21.3. The van der Waals surface area contributed by atoms with E-state index in [2.05, 4.69) is 38.5 Å². The lowest BCUT2D eigenvalue weighted by molar-refractivity contribution is 0.0697. The molecule has 1 saturated carbocycles. The third kappa shape index (κ3) is 4.59. The first-order valence-electron chi connectivity index (χ1n) is 12.8.